The molecule has 4 heteroatoms. The van der Waals surface area contributed by atoms with Crippen LogP contribution in [0.4, 0.5) is 17.1 Å². The predicted molar refractivity (Wildman–Crippen MR) is 219 cm³/mol. The summed E-state index contributed by atoms with van der Waals surface area (Å²) >= 11 is 1.11. The maximum atomic E-state index is 9.42. The molecular formula is C48H29NO2S. The van der Waals surface area contributed by atoms with Crippen LogP contribution in [-0.2, 0) is 0 Å². The van der Waals surface area contributed by atoms with Crippen LogP contribution in [0, 0.1) is 0 Å². The van der Waals surface area contributed by atoms with Crippen molar-refractivity contribution in [2.75, 3.05) is 4.90 Å². The number of nitrogens with zero attached hydrogens (tertiary/aromatic N) is 1. The molecule has 52 heavy (non-hydrogen) atoms. The largest absolute Gasteiger partial charge is 0.455 e. The average molecular weight is 691 g/mol. The first kappa shape index (κ1) is 23.0. The summed E-state index contributed by atoms with van der Waals surface area (Å²) in [6.07, 6.45) is 0. The fourth-order valence-corrected chi connectivity index (χ4v) is 8.47. The number of hydrogen-bond donors (Lipinski definition) is 0. The summed E-state index contributed by atoms with van der Waals surface area (Å²) in [5.41, 5.74) is 8.47. The Balaban J connectivity index is 1.13. The van der Waals surface area contributed by atoms with Gasteiger partial charge in [-0.1, -0.05) is 127 Å². The second kappa shape index (κ2) is 11.5. The van der Waals surface area contributed by atoms with Crippen molar-refractivity contribution < 1.29 is 18.4 Å². The summed E-state index contributed by atoms with van der Waals surface area (Å²) in [4.78, 5) is 1.88. The van der Waals surface area contributed by atoms with Crippen molar-refractivity contribution in [2.24, 2.45) is 0 Å². The minimum absolute atomic E-state index is 0.180. The van der Waals surface area contributed by atoms with E-state index in [1.165, 1.54) is 0 Å². The van der Waals surface area contributed by atoms with E-state index < -0.39 is 6.04 Å². The third-order valence-corrected chi connectivity index (χ3v) is 10.9. The van der Waals surface area contributed by atoms with Crippen LogP contribution in [0.15, 0.2) is 185 Å². The van der Waals surface area contributed by atoms with Crippen molar-refractivity contribution in [3.05, 3.63) is 176 Å². The van der Waals surface area contributed by atoms with Crippen LogP contribution in [0.3, 0.4) is 0 Å². The van der Waals surface area contributed by atoms with Crippen molar-refractivity contribution >= 4 is 92.4 Å². The Morgan fingerprint density at radius 3 is 1.56 bits per heavy atom. The highest BCUT2D eigenvalue weighted by molar-refractivity contribution is 7.26. The van der Waals surface area contributed by atoms with Crippen molar-refractivity contribution in [3.63, 3.8) is 0 Å². The lowest BCUT2D eigenvalue weighted by Gasteiger charge is -2.26. The standard InChI is InChI=1S/C48H29NO2S/c1-4-19-43-36(10-1)39-15-7-13-34(46(39)50-43)30-22-26-32(27-23-30)49(42-18-9-17-41-38-12-3-6-21-45(38)52-48(41)42)33-28-24-31(25-29-33)35-14-8-16-40-37-11-2-5-20-44(37)51-47(35)40/h1-29H/i3D,6D,9D,12D,17D,18D,21D. The van der Waals surface area contributed by atoms with Gasteiger partial charge >= 0.3 is 0 Å². The molecule has 0 fully saturated rings. The lowest BCUT2D eigenvalue weighted by molar-refractivity contribution is 0.669. The summed E-state index contributed by atoms with van der Waals surface area (Å²) in [7, 11) is 0. The molecule has 0 spiro atoms. The quantitative estimate of drug-likeness (QED) is 0.180. The maximum Gasteiger partial charge on any atom is 0.143 e. The van der Waals surface area contributed by atoms with Crippen LogP contribution < -0.4 is 4.90 Å². The number of thiophene rings is 1. The Kier molecular flexibility index (Phi) is 5.06. The smallest absolute Gasteiger partial charge is 0.143 e. The number of hydrogen-bond acceptors (Lipinski definition) is 4. The zero-order valence-corrected chi connectivity index (χ0v) is 28.2. The van der Waals surface area contributed by atoms with E-state index in [0.29, 0.717) is 21.8 Å². The summed E-state index contributed by atoms with van der Waals surface area (Å²) in [6, 6.07) is 41.8. The first-order chi connectivity index (χ1) is 28.7. The molecule has 11 aromatic rings. The topological polar surface area (TPSA) is 29.5 Å². The summed E-state index contributed by atoms with van der Waals surface area (Å²) in [5.74, 6) is 0. The molecule has 0 aliphatic rings. The monoisotopic (exact) mass is 690 g/mol. The van der Waals surface area contributed by atoms with Gasteiger partial charge < -0.3 is 13.7 Å². The molecule has 0 amide bonds. The zero-order chi connectivity index (χ0) is 40.3. The van der Waals surface area contributed by atoms with Crippen molar-refractivity contribution in [2.45, 2.75) is 0 Å². The van der Waals surface area contributed by atoms with Crippen LogP contribution in [0.5, 0.6) is 0 Å². The molecule has 8 aromatic carbocycles. The second-order valence-electron chi connectivity index (χ2n) is 12.7. The highest BCUT2D eigenvalue weighted by Gasteiger charge is 2.20. The van der Waals surface area contributed by atoms with Crippen LogP contribution in [0.1, 0.15) is 9.60 Å². The summed E-state index contributed by atoms with van der Waals surface area (Å²) in [6.45, 7) is 0. The SMILES string of the molecule is [2H]c1c([2H])c([2H])c2c(sc3c(N(c4ccc(-c5cccc6c5oc5ccccc56)cc4)c4ccc(-c5cccc6c5oc5ccccc56)cc4)c([2H])c([2H])c([2H])c32)c1[2H]. The lowest BCUT2D eigenvalue weighted by Crippen LogP contribution is -2.10. The van der Waals surface area contributed by atoms with Crippen molar-refractivity contribution in [1.29, 1.82) is 0 Å². The van der Waals surface area contributed by atoms with Gasteiger partial charge in [-0.15, -0.1) is 11.3 Å². The molecule has 0 radical (unpaired) electrons. The Bertz CT molecular complexity index is 3380. The van der Waals surface area contributed by atoms with E-state index in [9.17, 15) is 1.37 Å². The maximum absolute atomic E-state index is 9.42. The number of fused-ring (bicyclic) bond motifs is 9. The van der Waals surface area contributed by atoms with Gasteiger partial charge in [0, 0.05) is 59.5 Å². The molecule has 0 aliphatic carbocycles. The van der Waals surface area contributed by atoms with Gasteiger partial charge in [0.2, 0.25) is 0 Å². The molecule has 11 rings (SSSR count). The van der Waals surface area contributed by atoms with Crippen LogP contribution in [0.2, 0.25) is 0 Å². The van der Waals surface area contributed by atoms with E-state index in [1.807, 2.05) is 126 Å². The fourth-order valence-electron chi connectivity index (χ4n) is 7.41. The minimum Gasteiger partial charge on any atom is -0.455 e. The molecule has 3 aromatic heterocycles. The van der Waals surface area contributed by atoms with E-state index in [0.717, 1.165) is 77.5 Å². The number of para-hydroxylation sites is 4. The van der Waals surface area contributed by atoms with Crippen molar-refractivity contribution in [3.8, 4) is 22.3 Å². The van der Waals surface area contributed by atoms with Gasteiger partial charge in [0.15, 0.2) is 0 Å². The molecule has 0 unspecified atom stereocenters. The highest BCUT2D eigenvalue weighted by atomic mass is 32.1. The van der Waals surface area contributed by atoms with Crippen LogP contribution in [0.25, 0.3) is 86.3 Å². The Labute approximate surface area is 313 Å². The second-order valence-corrected chi connectivity index (χ2v) is 13.7. The van der Waals surface area contributed by atoms with E-state index in [1.54, 1.807) is 0 Å². The van der Waals surface area contributed by atoms with E-state index in [4.69, 9.17) is 17.1 Å². The molecule has 244 valence electrons. The first-order valence-corrected chi connectivity index (χ1v) is 17.7. The Morgan fingerprint density at radius 2 is 0.962 bits per heavy atom. The van der Waals surface area contributed by atoms with Gasteiger partial charge in [0.05, 0.1) is 20.0 Å². The molecule has 0 atom stereocenters. The molecule has 3 heterocycles. The number of furan rings is 2. The van der Waals surface area contributed by atoms with E-state index in [-0.39, 0.29) is 51.7 Å². The highest BCUT2D eigenvalue weighted by Crippen LogP contribution is 2.46. The molecule has 0 bridgehead atoms. The third-order valence-electron chi connectivity index (χ3n) is 9.82. The number of rotatable bonds is 5. The van der Waals surface area contributed by atoms with Gasteiger partial charge in [-0.2, -0.15) is 0 Å². The summed E-state index contributed by atoms with van der Waals surface area (Å²) < 4.78 is 75.4. The normalized spacial score (nSPS) is 13.7. The van der Waals surface area contributed by atoms with Crippen LogP contribution >= 0.6 is 11.3 Å². The molecular weight excluding hydrogens is 655 g/mol. The predicted octanol–water partition coefficient (Wildman–Crippen LogP) is 14.7. The molecule has 0 N–H and O–H groups in total. The van der Waals surface area contributed by atoms with Crippen molar-refractivity contribution in [1.82, 2.24) is 0 Å². The zero-order valence-electron chi connectivity index (χ0n) is 34.4. The molecule has 0 saturated carbocycles. The number of benzene rings is 8. The van der Waals surface area contributed by atoms with Crippen LogP contribution in [-0.4, -0.2) is 0 Å². The molecule has 0 saturated heterocycles. The first-order valence-electron chi connectivity index (χ1n) is 20.4. The summed E-state index contributed by atoms with van der Waals surface area (Å²) in [5, 5.41) is 4.50. The number of anilines is 3. The van der Waals surface area contributed by atoms with Gasteiger partial charge in [-0.05, 0) is 59.6 Å². The van der Waals surface area contributed by atoms with E-state index >= 15 is 0 Å². The third kappa shape index (κ3) is 4.45. The van der Waals surface area contributed by atoms with E-state index in [2.05, 4.69) is 12.1 Å². The lowest BCUT2D eigenvalue weighted by atomic mass is 10.0. The van der Waals surface area contributed by atoms with Gasteiger partial charge in [0.25, 0.3) is 0 Å². The minimum atomic E-state index is -0.411. The Hall–Kier alpha value is -6.62. The average Bonchev–Trinajstić information content (AvgIpc) is 3.98. The molecule has 0 aliphatic heterocycles. The Morgan fingerprint density at radius 1 is 0.442 bits per heavy atom. The van der Waals surface area contributed by atoms with Gasteiger partial charge in [0.1, 0.15) is 22.3 Å². The van der Waals surface area contributed by atoms with Gasteiger partial charge in [-0.25, -0.2) is 0 Å². The van der Waals surface area contributed by atoms with Gasteiger partial charge in [-0.3, -0.25) is 0 Å². The fraction of sp³-hybridized carbons (Fsp3) is 0. The molecule has 3 nitrogen and oxygen atoms in total.